The minimum atomic E-state index is -2.98. The SMILES string of the molecule is Cn1ncc(NC(O)c2nc(-c3c(F)cccc3F)sc2N)c1N1CCC(N)C(F)(F)CC1. The summed E-state index contributed by atoms with van der Waals surface area (Å²) in [4.78, 5) is 5.85. The molecule has 1 saturated heterocycles. The van der Waals surface area contributed by atoms with E-state index in [4.69, 9.17) is 11.5 Å². The number of nitrogens with two attached hydrogens (primary N) is 2. The molecule has 33 heavy (non-hydrogen) atoms. The first kappa shape index (κ1) is 23.3. The number of hydrogen-bond acceptors (Lipinski definition) is 8. The Labute approximate surface area is 190 Å². The number of aromatic nitrogens is 3. The van der Waals surface area contributed by atoms with Gasteiger partial charge in [-0.1, -0.05) is 17.4 Å². The van der Waals surface area contributed by atoms with Crippen molar-refractivity contribution in [1.29, 1.82) is 0 Å². The molecular weight excluding hydrogens is 462 g/mol. The van der Waals surface area contributed by atoms with Crippen molar-refractivity contribution >= 4 is 27.8 Å². The molecule has 0 saturated carbocycles. The number of nitrogens with zero attached hydrogens (tertiary/aromatic N) is 4. The second-order valence-corrected chi connectivity index (χ2v) is 8.84. The van der Waals surface area contributed by atoms with Crippen LogP contribution < -0.4 is 21.7 Å². The average Bonchev–Trinajstić information content (AvgIpc) is 3.26. The van der Waals surface area contributed by atoms with Crippen LogP contribution in [0, 0.1) is 11.6 Å². The van der Waals surface area contributed by atoms with Gasteiger partial charge in [0.05, 0.1) is 23.5 Å². The second kappa shape index (κ2) is 8.80. The van der Waals surface area contributed by atoms with Crippen molar-refractivity contribution in [2.75, 3.05) is 29.0 Å². The molecule has 13 heteroatoms. The van der Waals surface area contributed by atoms with Crippen molar-refractivity contribution in [3.8, 4) is 10.6 Å². The van der Waals surface area contributed by atoms with Gasteiger partial charge in [0.2, 0.25) is 0 Å². The van der Waals surface area contributed by atoms with E-state index in [1.807, 2.05) is 0 Å². The van der Waals surface area contributed by atoms with Crippen LogP contribution >= 0.6 is 11.3 Å². The maximum atomic E-state index is 14.1. The lowest BCUT2D eigenvalue weighted by Gasteiger charge is -2.25. The van der Waals surface area contributed by atoms with Crippen molar-refractivity contribution in [2.45, 2.75) is 31.0 Å². The average molecular weight is 486 g/mol. The van der Waals surface area contributed by atoms with E-state index in [1.54, 1.807) is 11.9 Å². The highest BCUT2D eigenvalue weighted by Crippen LogP contribution is 2.38. The Kier molecular flexibility index (Phi) is 6.20. The van der Waals surface area contributed by atoms with Gasteiger partial charge in [0.15, 0.2) is 6.23 Å². The number of anilines is 3. The Hall–Kier alpha value is -2.90. The molecule has 6 N–H and O–H groups in total. The molecule has 3 heterocycles. The summed E-state index contributed by atoms with van der Waals surface area (Å²) in [6.45, 7) is 0.317. The fourth-order valence-corrected chi connectivity index (χ4v) is 4.68. The number of nitrogens with one attached hydrogen (secondary N) is 1. The maximum absolute atomic E-state index is 14.1. The highest BCUT2D eigenvalue weighted by molar-refractivity contribution is 7.18. The molecule has 1 aromatic carbocycles. The normalized spacial score (nSPS) is 19.4. The second-order valence-electron chi connectivity index (χ2n) is 7.81. The van der Waals surface area contributed by atoms with Gasteiger partial charge in [0.25, 0.3) is 5.92 Å². The Morgan fingerprint density at radius 1 is 1.27 bits per heavy atom. The van der Waals surface area contributed by atoms with Crippen LogP contribution in [-0.4, -0.2) is 44.9 Å². The fraction of sp³-hybridized carbons (Fsp3) is 0.400. The maximum Gasteiger partial charge on any atom is 0.264 e. The molecular formula is C20H23F4N7OS. The van der Waals surface area contributed by atoms with Crippen LogP contribution in [-0.2, 0) is 7.05 Å². The zero-order chi connectivity index (χ0) is 23.9. The first-order valence-electron chi connectivity index (χ1n) is 10.1. The van der Waals surface area contributed by atoms with Gasteiger partial charge in [0.1, 0.15) is 33.2 Å². The largest absolute Gasteiger partial charge is 0.389 e. The summed E-state index contributed by atoms with van der Waals surface area (Å²) in [5.41, 5.74) is 11.6. The first-order chi connectivity index (χ1) is 15.6. The molecule has 0 radical (unpaired) electrons. The van der Waals surface area contributed by atoms with Crippen LogP contribution in [0.3, 0.4) is 0 Å². The van der Waals surface area contributed by atoms with Gasteiger partial charge in [-0.05, 0) is 18.6 Å². The molecule has 3 aromatic rings. The lowest BCUT2D eigenvalue weighted by molar-refractivity contribution is -0.0274. The van der Waals surface area contributed by atoms with Crippen LogP contribution in [0.4, 0.5) is 34.1 Å². The van der Waals surface area contributed by atoms with E-state index in [1.165, 1.54) is 16.9 Å². The Morgan fingerprint density at radius 3 is 2.67 bits per heavy atom. The monoisotopic (exact) mass is 485 g/mol. The highest BCUT2D eigenvalue weighted by Gasteiger charge is 2.40. The quantitative estimate of drug-likeness (QED) is 0.324. The van der Waals surface area contributed by atoms with E-state index in [0.29, 0.717) is 11.5 Å². The molecule has 1 fully saturated rings. The van der Waals surface area contributed by atoms with Gasteiger partial charge >= 0.3 is 0 Å². The predicted molar refractivity (Wildman–Crippen MR) is 118 cm³/mol. The van der Waals surface area contributed by atoms with Gasteiger partial charge in [-0.25, -0.2) is 22.5 Å². The van der Waals surface area contributed by atoms with Crippen LogP contribution in [0.2, 0.25) is 0 Å². The van der Waals surface area contributed by atoms with Gasteiger partial charge in [-0.15, -0.1) is 0 Å². The highest BCUT2D eigenvalue weighted by atomic mass is 32.1. The summed E-state index contributed by atoms with van der Waals surface area (Å²) in [5, 5.41) is 17.8. The number of hydrogen-bond donors (Lipinski definition) is 4. The molecule has 1 aliphatic rings. The number of halogens is 4. The summed E-state index contributed by atoms with van der Waals surface area (Å²) < 4.78 is 57.8. The number of thiazole rings is 1. The van der Waals surface area contributed by atoms with Gasteiger partial charge in [-0.3, -0.25) is 4.68 Å². The standard InChI is InChI=1S/C20H23F4N7OS/c1-30-19(31-7-5-13(25)20(23,24)6-8-31)12(9-27-30)28-17(32)15-16(26)33-18(29-15)14-10(21)3-2-4-11(14)22/h2-4,9,13,17,28,32H,5-8,25-26H2,1H3. The molecule has 2 atom stereocenters. The number of aliphatic hydroxyl groups is 1. The third-order valence-corrected chi connectivity index (χ3v) is 6.50. The number of benzene rings is 1. The zero-order valence-electron chi connectivity index (χ0n) is 17.6. The van der Waals surface area contributed by atoms with Crippen molar-refractivity contribution in [2.24, 2.45) is 12.8 Å². The van der Waals surface area contributed by atoms with Crippen molar-refractivity contribution in [3.05, 3.63) is 41.7 Å². The summed E-state index contributed by atoms with van der Waals surface area (Å²) in [7, 11) is 1.64. The Balaban J connectivity index is 1.58. The van der Waals surface area contributed by atoms with E-state index in [-0.39, 0.29) is 40.8 Å². The molecule has 2 aromatic heterocycles. The number of nitrogen functional groups attached to an aromatic ring is 1. The minimum absolute atomic E-state index is 0.0168. The molecule has 2 unspecified atom stereocenters. The van der Waals surface area contributed by atoms with Gasteiger partial charge < -0.3 is 26.8 Å². The number of rotatable bonds is 5. The lowest BCUT2D eigenvalue weighted by atomic mass is 10.1. The number of aryl methyl sites for hydroxylation is 1. The topological polar surface area (TPSA) is 118 Å². The molecule has 8 nitrogen and oxygen atoms in total. The summed E-state index contributed by atoms with van der Waals surface area (Å²) in [6, 6.07) is 2.19. The van der Waals surface area contributed by atoms with Crippen LogP contribution in [0.15, 0.2) is 24.4 Å². The zero-order valence-corrected chi connectivity index (χ0v) is 18.4. The molecule has 0 amide bonds. The van der Waals surface area contributed by atoms with Gasteiger partial charge in [-0.2, -0.15) is 5.10 Å². The third-order valence-electron chi connectivity index (χ3n) is 5.58. The van der Waals surface area contributed by atoms with Crippen molar-refractivity contribution in [1.82, 2.24) is 14.8 Å². The smallest absolute Gasteiger partial charge is 0.264 e. The predicted octanol–water partition coefficient (Wildman–Crippen LogP) is 3.07. The van der Waals surface area contributed by atoms with Crippen molar-refractivity contribution in [3.63, 3.8) is 0 Å². The fourth-order valence-electron chi connectivity index (χ4n) is 3.77. The van der Waals surface area contributed by atoms with Crippen molar-refractivity contribution < 1.29 is 22.7 Å². The van der Waals surface area contributed by atoms with E-state index >= 15 is 0 Å². The van der Waals surface area contributed by atoms with Crippen LogP contribution in [0.1, 0.15) is 24.8 Å². The minimum Gasteiger partial charge on any atom is -0.389 e. The first-order valence-corrected chi connectivity index (χ1v) is 11.0. The summed E-state index contributed by atoms with van der Waals surface area (Å²) in [6.07, 6.45) is -0.348. The van der Waals surface area contributed by atoms with E-state index in [2.05, 4.69) is 15.4 Å². The Morgan fingerprint density at radius 2 is 1.97 bits per heavy atom. The van der Waals surface area contributed by atoms with Crippen LogP contribution in [0.5, 0.6) is 0 Å². The number of aliphatic hydroxyl groups excluding tert-OH is 1. The molecule has 0 spiro atoms. The molecule has 1 aliphatic heterocycles. The van der Waals surface area contributed by atoms with Crippen LogP contribution in [0.25, 0.3) is 10.6 Å². The third kappa shape index (κ3) is 4.48. The Bertz CT molecular complexity index is 1130. The summed E-state index contributed by atoms with van der Waals surface area (Å²) >= 11 is 0.833. The molecule has 0 aliphatic carbocycles. The summed E-state index contributed by atoms with van der Waals surface area (Å²) in [5.74, 6) is -4.10. The molecule has 4 rings (SSSR count). The van der Waals surface area contributed by atoms with Gasteiger partial charge in [0, 0.05) is 26.6 Å². The number of alkyl halides is 2. The molecule has 178 valence electrons. The van der Waals surface area contributed by atoms with E-state index < -0.39 is 36.2 Å². The van der Waals surface area contributed by atoms with E-state index in [0.717, 1.165) is 23.5 Å². The lowest BCUT2D eigenvalue weighted by Crippen LogP contribution is -2.40. The molecule has 0 bridgehead atoms. The van der Waals surface area contributed by atoms with E-state index in [9.17, 15) is 22.7 Å².